The maximum absolute atomic E-state index is 13.5. The first-order valence-corrected chi connectivity index (χ1v) is 35.9. The minimum Gasteiger partial charge on any atom is -0.444 e. The number of ketones is 1. The van der Waals surface area contributed by atoms with Gasteiger partial charge in [0.15, 0.2) is 34.0 Å². The van der Waals surface area contributed by atoms with Gasteiger partial charge in [-0.1, -0.05) is 29.5 Å². The highest BCUT2D eigenvalue weighted by Crippen LogP contribution is 2.48. The summed E-state index contributed by atoms with van der Waals surface area (Å²) >= 11 is 2.29. The standard InChI is InChI=1S/C22H29F3N6O3.C16H19N5O3.C11H18F3NO3.C9H14F3NO3.C6H10F3NO.C2H5I/c1-2-34-21(22(23,24)25)12-30(13-21)15-5-7-20(8-6-15,9-10-26)31-11-16(17(27)32)18(29-31)28-19(33)14-3-4-14;17-8-7-16(5-3-11(22)4-6-16)21-9-12(13(18)23)14(20-21)19-15(24)10-1-2-10;1-5-17-10(11(12,13)14)6-15(7-10)8(16)18-9(2,3)4;1-7(2,3)16-6(14)13-4-8(15,5-13)9(10,11)12;1-2-11-5(3-10-4-5)6(7,8)9;1-2-3/h11,14-15H,2-9,12-13H2,1H3,(H2,27,32)(H,28,29,33);9-10H,1-7H2,(H2,18,23)(H,19,20,24);5-7H2,1-4H3;15H,4-5H2,1-3H3;10H,2-4H2,1H3;2H2,1H3. The summed E-state index contributed by atoms with van der Waals surface area (Å²) in [6.07, 6.45) is -9.17. The molecule has 0 spiro atoms. The second-order valence-corrected chi connectivity index (χ2v) is 30.6. The number of Topliss-reactive ketones (excluding diaryl/α,β-unsaturated/α-hetero) is 1. The molecule has 4 saturated carbocycles. The van der Waals surface area contributed by atoms with E-state index in [1.165, 1.54) is 23.7 Å². The molecule has 10 rings (SSSR count). The SMILES string of the molecule is CC(C)(C)OC(=O)N1CC(O)(C(F)(F)F)C1.CCI.CCOC1(C(F)(F)F)CN(C(=O)OC(C)(C)C)C1.CCOC1(C(F)(F)F)CN(C2CCC(CC#N)(n3cc(C(N)=O)c(NC(=O)C4CC4)n3)CC2)C1.CCOC1(C(F)(F)F)CNC1.N#CCC1(n2cc(C(N)=O)c(NC(=O)C3CC3)n2)CCC(=O)CC1. The van der Waals surface area contributed by atoms with Gasteiger partial charge in [0.05, 0.1) is 62.2 Å². The number of hydrogen-bond donors (Lipinski definition) is 6. The molecular weight excluding hydrogens is 1550 g/mol. The van der Waals surface area contributed by atoms with Crippen LogP contribution >= 0.6 is 22.6 Å². The van der Waals surface area contributed by atoms with Crippen molar-refractivity contribution < 1.29 is 115 Å². The molecule has 6 amide bonds. The molecule has 6 heterocycles. The summed E-state index contributed by atoms with van der Waals surface area (Å²) in [5.41, 5.74) is -0.809. The number of nitrogens with two attached hydrogens (primary N) is 2. The number of ether oxygens (including phenoxy) is 5. The zero-order valence-electron chi connectivity index (χ0n) is 60.7. The number of nitrogens with zero attached hydrogens (tertiary/aromatic N) is 9. The van der Waals surface area contributed by atoms with Gasteiger partial charge in [-0.05, 0) is 131 Å². The molecule has 8 fully saturated rings. The number of aromatic nitrogens is 4. The molecule has 0 atom stereocenters. The van der Waals surface area contributed by atoms with E-state index >= 15 is 0 Å². The molecule has 0 unspecified atom stereocenters. The van der Waals surface area contributed by atoms with Crippen LogP contribution in [0.1, 0.15) is 180 Å². The van der Waals surface area contributed by atoms with Crippen LogP contribution in [0.4, 0.5) is 73.9 Å². The summed E-state index contributed by atoms with van der Waals surface area (Å²) in [7, 11) is 0. The van der Waals surface area contributed by atoms with Crippen LogP contribution in [0.15, 0.2) is 12.4 Å². The Kier molecular flexibility index (Phi) is 29.8. The van der Waals surface area contributed by atoms with Gasteiger partial charge in [0, 0.05) is 89.1 Å². The molecule has 106 heavy (non-hydrogen) atoms. The Hall–Kier alpha value is -6.86. The van der Waals surface area contributed by atoms with Gasteiger partial charge in [-0.15, -0.1) is 0 Å². The van der Waals surface area contributed by atoms with E-state index in [1.54, 1.807) is 69.7 Å². The monoisotopic (exact) mass is 1650 g/mol. The van der Waals surface area contributed by atoms with Gasteiger partial charge in [-0.25, -0.2) is 9.59 Å². The highest BCUT2D eigenvalue weighted by Gasteiger charge is 2.67. The largest absolute Gasteiger partial charge is 0.444 e. The first-order valence-electron chi connectivity index (χ1n) is 34.4. The Morgan fingerprint density at radius 3 is 1.20 bits per heavy atom. The van der Waals surface area contributed by atoms with E-state index in [1.807, 2.05) is 0 Å². The van der Waals surface area contributed by atoms with Gasteiger partial charge in [-0.2, -0.15) is 73.4 Å². The van der Waals surface area contributed by atoms with Crippen LogP contribution in [-0.2, 0) is 49.1 Å². The van der Waals surface area contributed by atoms with Gasteiger partial charge in [0.25, 0.3) is 11.8 Å². The zero-order valence-corrected chi connectivity index (χ0v) is 62.9. The van der Waals surface area contributed by atoms with E-state index in [0.29, 0.717) is 51.4 Å². The number of carbonyl (C=O) groups excluding carboxylic acids is 7. The van der Waals surface area contributed by atoms with E-state index < -0.39 is 120 Å². The minimum absolute atomic E-state index is 0.00951. The molecule has 4 saturated heterocycles. The third kappa shape index (κ3) is 22.6. The van der Waals surface area contributed by atoms with Crippen molar-refractivity contribution in [2.75, 3.05) is 87.2 Å². The Morgan fingerprint density at radius 2 is 0.915 bits per heavy atom. The molecular formula is C66H95F12IN14O13. The molecule has 0 bridgehead atoms. The van der Waals surface area contributed by atoms with E-state index in [2.05, 4.69) is 72.5 Å². The third-order valence-corrected chi connectivity index (χ3v) is 18.4. The number of amides is 6. The molecule has 4 aliphatic carbocycles. The van der Waals surface area contributed by atoms with Crippen LogP contribution in [0.25, 0.3) is 0 Å². The van der Waals surface area contributed by atoms with Crippen molar-refractivity contribution in [1.29, 1.82) is 10.5 Å². The lowest BCUT2D eigenvalue weighted by molar-refractivity contribution is -0.322. The van der Waals surface area contributed by atoms with E-state index in [4.69, 9.17) is 35.5 Å². The molecule has 4 aliphatic heterocycles. The van der Waals surface area contributed by atoms with Gasteiger partial charge in [-0.3, -0.25) is 38.2 Å². The van der Waals surface area contributed by atoms with E-state index in [0.717, 1.165) is 35.5 Å². The molecule has 2 aromatic heterocycles. The zero-order chi connectivity index (χ0) is 80.3. The van der Waals surface area contributed by atoms with Gasteiger partial charge < -0.3 is 66.0 Å². The topological polar surface area (TPSA) is 367 Å². The van der Waals surface area contributed by atoms with Crippen molar-refractivity contribution in [3.63, 3.8) is 0 Å². The number of likely N-dealkylation sites (tertiary alicyclic amines) is 3. The van der Waals surface area contributed by atoms with Crippen LogP contribution in [0.2, 0.25) is 0 Å². The van der Waals surface area contributed by atoms with Crippen LogP contribution in [0.5, 0.6) is 0 Å². The minimum atomic E-state index is -4.72. The second kappa shape index (κ2) is 35.2. The van der Waals surface area contributed by atoms with E-state index in [-0.39, 0.29) is 117 Å². The summed E-state index contributed by atoms with van der Waals surface area (Å²) in [5.74, 6) is -1.56. The first kappa shape index (κ1) is 89.8. The maximum Gasteiger partial charge on any atom is 0.420 e. The maximum atomic E-state index is 13.5. The van der Waals surface area contributed by atoms with Crippen molar-refractivity contribution >= 4 is 75.8 Å². The number of hydrogen-bond acceptors (Lipinski definition) is 19. The Morgan fingerprint density at radius 1 is 0.575 bits per heavy atom. The number of anilines is 2. The average molecular weight is 1650 g/mol. The van der Waals surface area contributed by atoms with Gasteiger partial charge >= 0.3 is 36.9 Å². The molecule has 0 aromatic carbocycles. The molecule has 40 heteroatoms. The highest BCUT2D eigenvalue weighted by atomic mass is 127. The first-order chi connectivity index (χ1) is 48.9. The average Bonchev–Trinajstić information content (AvgIpc) is 0.966. The van der Waals surface area contributed by atoms with Crippen molar-refractivity contribution in [3.8, 4) is 12.1 Å². The van der Waals surface area contributed by atoms with Crippen molar-refractivity contribution in [3.05, 3.63) is 23.5 Å². The quantitative estimate of drug-likeness (QED) is 0.0487. The fourth-order valence-electron chi connectivity index (χ4n) is 12.1. The van der Waals surface area contributed by atoms with Crippen LogP contribution in [0.3, 0.4) is 0 Å². The smallest absolute Gasteiger partial charge is 0.420 e. The van der Waals surface area contributed by atoms with Crippen molar-refractivity contribution in [2.24, 2.45) is 23.3 Å². The van der Waals surface area contributed by atoms with Crippen LogP contribution < -0.4 is 27.4 Å². The predicted molar refractivity (Wildman–Crippen MR) is 363 cm³/mol. The molecule has 8 N–H and O–H groups in total. The lowest BCUT2D eigenvalue weighted by Gasteiger charge is -2.54. The normalized spacial score (nSPS) is 22.0. The predicted octanol–water partition coefficient (Wildman–Crippen LogP) is 10.1. The van der Waals surface area contributed by atoms with Crippen LogP contribution in [0, 0.1) is 34.5 Å². The van der Waals surface area contributed by atoms with E-state index in [9.17, 15) is 96.8 Å². The summed E-state index contributed by atoms with van der Waals surface area (Å²) < 4.78 is 181. The van der Waals surface area contributed by atoms with Crippen LogP contribution in [-0.4, -0.2) is 222 Å². The molecule has 2 aromatic rings. The number of β-amino-alcohol motifs (C(OH)–C–C–N with tert-alkyl or cyclic N) is 1. The van der Waals surface area contributed by atoms with Gasteiger partial charge in [0.1, 0.15) is 28.1 Å². The number of nitrogens with one attached hydrogen (secondary N) is 3. The fourth-order valence-corrected chi connectivity index (χ4v) is 12.1. The van der Waals surface area contributed by atoms with Gasteiger partial charge in [0.2, 0.25) is 11.8 Å². The van der Waals surface area contributed by atoms with Crippen molar-refractivity contribution in [2.45, 2.75) is 235 Å². The number of primary amides is 2. The number of rotatable bonds is 17. The summed E-state index contributed by atoms with van der Waals surface area (Å²) in [4.78, 5) is 85.8. The molecule has 8 aliphatic rings. The van der Waals surface area contributed by atoms with Crippen molar-refractivity contribution in [1.82, 2.24) is 39.6 Å². The summed E-state index contributed by atoms with van der Waals surface area (Å²) in [6, 6.07) is 4.25. The lowest BCUT2D eigenvalue weighted by Crippen LogP contribution is -2.72. The lowest BCUT2D eigenvalue weighted by atomic mass is 9.75. The Bertz CT molecular complexity index is 3440. The third-order valence-electron chi connectivity index (χ3n) is 18.4. The summed E-state index contributed by atoms with van der Waals surface area (Å²) in [6.45, 7) is 13.3. The highest BCUT2D eigenvalue weighted by molar-refractivity contribution is 14.1. The second-order valence-electron chi connectivity index (χ2n) is 29.1. The number of carbonyl (C=O) groups is 7. The number of alkyl halides is 13. The summed E-state index contributed by atoms with van der Waals surface area (Å²) in [5, 5.41) is 44.4. The fraction of sp³-hybridized carbons (Fsp3) is 0.773. The number of halogens is 13. The molecule has 27 nitrogen and oxygen atoms in total. The Labute approximate surface area is 619 Å². The number of nitriles is 2. The molecule has 598 valence electrons. The molecule has 0 radical (unpaired) electrons. The number of aliphatic hydroxyl groups is 1. The Balaban J connectivity index is 0.000000247.